The molecule has 1 aliphatic carbocycles. The van der Waals surface area contributed by atoms with Crippen molar-refractivity contribution in [2.45, 2.75) is 30.3 Å². The van der Waals surface area contributed by atoms with Gasteiger partial charge in [-0.15, -0.1) is 0 Å². The van der Waals surface area contributed by atoms with Gasteiger partial charge in [-0.25, -0.2) is 17.9 Å². The first-order chi connectivity index (χ1) is 9.97. The van der Waals surface area contributed by atoms with Crippen molar-refractivity contribution >= 4 is 16.0 Å². The van der Waals surface area contributed by atoms with Gasteiger partial charge in [0.1, 0.15) is 16.9 Å². The van der Waals surface area contributed by atoms with Crippen LogP contribution in [0.4, 0.5) is 0 Å². The van der Waals surface area contributed by atoms with Crippen molar-refractivity contribution in [2.24, 2.45) is 0 Å². The molecule has 21 heavy (non-hydrogen) atoms. The van der Waals surface area contributed by atoms with E-state index in [1.165, 1.54) is 23.1 Å². The molecule has 0 radical (unpaired) electrons. The summed E-state index contributed by atoms with van der Waals surface area (Å²) in [6.45, 7) is -0.0180. The zero-order valence-corrected chi connectivity index (χ0v) is 11.7. The van der Waals surface area contributed by atoms with E-state index < -0.39 is 16.0 Å². The van der Waals surface area contributed by atoms with Crippen molar-refractivity contribution in [1.82, 2.24) is 14.4 Å². The summed E-state index contributed by atoms with van der Waals surface area (Å²) in [5, 5.41) is 12.7. The van der Waals surface area contributed by atoms with E-state index in [9.17, 15) is 13.2 Å². The first-order valence-electron chi connectivity index (χ1n) is 6.31. The Balaban J connectivity index is 1.84. The average Bonchev–Trinajstić information content (AvgIpc) is 2.97. The Labute approximate surface area is 120 Å². The van der Waals surface area contributed by atoms with Crippen LogP contribution < -0.4 is 4.72 Å². The second-order valence-corrected chi connectivity index (χ2v) is 6.59. The van der Waals surface area contributed by atoms with Crippen molar-refractivity contribution in [1.29, 1.82) is 0 Å². The Kier molecular flexibility index (Phi) is 3.30. The van der Waals surface area contributed by atoms with Crippen molar-refractivity contribution in [3.05, 3.63) is 36.0 Å². The van der Waals surface area contributed by atoms with Crippen LogP contribution in [-0.4, -0.2) is 29.2 Å². The first kappa shape index (κ1) is 13.8. The number of rotatable bonds is 6. The van der Waals surface area contributed by atoms with E-state index in [0.29, 0.717) is 5.69 Å². The SMILES string of the molecule is O=C(O)c1cc(S(=O)(=O)NCc2ccon2)cn1C1CC1. The minimum Gasteiger partial charge on any atom is -0.477 e. The van der Waals surface area contributed by atoms with Gasteiger partial charge in [0.15, 0.2) is 0 Å². The molecule has 8 nitrogen and oxygen atoms in total. The summed E-state index contributed by atoms with van der Waals surface area (Å²) in [4.78, 5) is 11.1. The van der Waals surface area contributed by atoms with E-state index in [1.807, 2.05) is 0 Å². The molecule has 0 aliphatic heterocycles. The van der Waals surface area contributed by atoms with Crippen LogP contribution in [0.2, 0.25) is 0 Å². The number of carbonyl (C=O) groups is 1. The van der Waals surface area contributed by atoms with Crippen LogP contribution in [0.1, 0.15) is 35.1 Å². The summed E-state index contributed by atoms with van der Waals surface area (Å²) in [5.74, 6) is -1.14. The van der Waals surface area contributed by atoms with Gasteiger partial charge < -0.3 is 14.2 Å². The normalized spacial score (nSPS) is 15.2. The number of carboxylic acid groups (broad SMARTS) is 1. The highest BCUT2D eigenvalue weighted by Crippen LogP contribution is 2.37. The molecule has 2 N–H and O–H groups in total. The number of nitrogens with zero attached hydrogens (tertiary/aromatic N) is 2. The van der Waals surface area contributed by atoms with Gasteiger partial charge in [-0.3, -0.25) is 0 Å². The van der Waals surface area contributed by atoms with Gasteiger partial charge in [0.25, 0.3) is 0 Å². The average molecular weight is 311 g/mol. The summed E-state index contributed by atoms with van der Waals surface area (Å²) in [5.41, 5.74) is 0.429. The predicted molar refractivity (Wildman–Crippen MR) is 70.2 cm³/mol. The van der Waals surface area contributed by atoms with Crippen molar-refractivity contribution < 1.29 is 22.8 Å². The number of hydrogen-bond acceptors (Lipinski definition) is 5. The fourth-order valence-electron chi connectivity index (χ4n) is 2.01. The third-order valence-corrected chi connectivity index (χ3v) is 4.60. The molecule has 1 aliphatic rings. The van der Waals surface area contributed by atoms with Crippen LogP contribution in [0.15, 0.2) is 34.0 Å². The van der Waals surface area contributed by atoms with E-state index in [0.717, 1.165) is 12.8 Å². The van der Waals surface area contributed by atoms with Crippen LogP contribution >= 0.6 is 0 Å². The Morgan fingerprint density at radius 3 is 2.86 bits per heavy atom. The fraction of sp³-hybridized carbons (Fsp3) is 0.333. The van der Waals surface area contributed by atoms with Gasteiger partial charge in [-0.05, 0) is 18.9 Å². The topological polar surface area (TPSA) is 114 Å². The Hall–Kier alpha value is -2.13. The molecule has 0 aromatic carbocycles. The van der Waals surface area contributed by atoms with Gasteiger partial charge in [0.2, 0.25) is 10.0 Å². The molecule has 1 fully saturated rings. The zero-order valence-electron chi connectivity index (χ0n) is 10.9. The summed E-state index contributed by atoms with van der Waals surface area (Å²) in [7, 11) is -3.79. The summed E-state index contributed by atoms with van der Waals surface area (Å²) in [6.07, 6.45) is 4.43. The highest BCUT2D eigenvalue weighted by atomic mass is 32.2. The molecule has 0 amide bonds. The van der Waals surface area contributed by atoms with E-state index in [1.54, 1.807) is 6.07 Å². The predicted octanol–water partition coefficient (Wildman–Crippen LogP) is 0.988. The van der Waals surface area contributed by atoms with Crippen LogP contribution in [0.25, 0.3) is 0 Å². The molecule has 0 saturated heterocycles. The Bertz CT molecular complexity index is 759. The highest BCUT2D eigenvalue weighted by Gasteiger charge is 2.30. The van der Waals surface area contributed by atoms with Crippen molar-refractivity contribution in [2.75, 3.05) is 0 Å². The molecule has 1 saturated carbocycles. The molecular formula is C12H13N3O5S. The molecule has 112 valence electrons. The van der Waals surface area contributed by atoms with Gasteiger partial charge in [0, 0.05) is 18.3 Å². The van der Waals surface area contributed by atoms with Crippen molar-refractivity contribution in [3.8, 4) is 0 Å². The number of carboxylic acids is 1. The molecule has 0 spiro atoms. The maximum Gasteiger partial charge on any atom is 0.352 e. The summed E-state index contributed by atoms with van der Waals surface area (Å²) >= 11 is 0. The van der Waals surface area contributed by atoms with E-state index in [-0.39, 0.29) is 23.2 Å². The number of nitrogens with one attached hydrogen (secondary N) is 1. The van der Waals surface area contributed by atoms with Crippen molar-refractivity contribution in [3.63, 3.8) is 0 Å². The largest absolute Gasteiger partial charge is 0.477 e. The molecule has 0 atom stereocenters. The second kappa shape index (κ2) is 5.01. The standard InChI is InChI=1S/C12H13N3O5S/c16-12(17)11-5-10(7-15(11)9-1-2-9)21(18,19)13-6-8-3-4-20-14-8/h3-5,7,9,13H,1-2,6H2,(H,16,17). The minimum atomic E-state index is -3.79. The number of hydrogen-bond donors (Lipinski definition) is 2. The molecule has 2 aromatic heterocycles. The lowest BCUT2D eigenvalue weighted by Gasteiger charge is -2.03. The lowest BCUT2D eigenvalue weighted by Crippen LogP contribution is -2.23. The Morgan fingerprint density at radius 2 is 2.29 bits per heavy atom. The van der Waals surface area contributed by atoms with Gasteiger partial charge in [-0.1, -0.05) is 5.16 Å². The summed E-state index contributed by atoms with van der Waals surface area (Å²) < 4.78 is 32.8. The number of sulfonamides is 1. The quantitative estimate of drug-likeness (QED) is 0.822. The van der Waals surface area contributed by atoms with E-state index >= 15 is 0 Å². The van der Waals surface area contributed by atoms with E-state index in [2.05, 4.69) is 14.4 Å². The molecule has 0 bridgehead atoms. The maximum atomic E-state index is 12.2. The molecule has 2 heterocycles. The van der Waals surface area contributed by atoms with Crippen LogP contribution in [0.5, 0.6) is 0 Å². The first-order valence-corrected chi connectivity index (χ1v) is 7.80. The molecule has 9 heteroatoms. The lowest BCUT2D eigenvalue weighted by atomic mass is 10.4. The van der Waals surface area contributed by atoms with Crippen LogP contribution in [0.3, 0.4) is 0 Å². The van der Waals surface area contributed by atoms with Gasteiger partial charge in [0.05, 0.1) is 12.2 Å². The third kappa shape index (κ3) is 2.83. The van der Waals surface area contributed by atoms with Crippen LogP contribution in [-0.2, 0) is 16.6 Å². The Morgan fingerprint density at radius 1 is 1.52 bits per heavy atom. The minimum absolute atomic E-state index is 0.0145. The van der Waals surface area contributed by atoms with Gasteiger partial charge in [-0.2, -0.15) is 0 Å². The monoisotopic (exact) mass is 311 g/mol. The number of aromatic nitrogens is 2. The third-order valence-electron chi connectivity index (χ3n) is 3.23. The second-order valence-electron chi connectivity index (χ2n) is 4.82. The smallest absolute Gasteiger partial charge is 0.352 e. The van der Waals surface area contributed by atoms with Gasteiger partial charge >= 0.3 is 5.97 Å². The number of aromatic carboxylic acids is 1. The fourth-order valence-corrected chi connectivity index (χ4v) is 3.03. The summed E-state index contributed by atoms with van der Waals surface area (Å²) in [6, 6.07) is 2.79. The van der Waals surface area contributed by atoms with Crippen LogP contribution in [0, 0.1) is 0 Å². The zero-order chi connectivity index (χ0) is 15.0. The maximum absolute atomic E-state index is 12.2. The van der Waals surface area contributed by atoms with E-state index in [4.69, 9.17) is 5.11 Å². The molecule has 3 rings (SSSR count). The molecular weight excluding hydrogens is 298 g/mol. The molecule has 2 aromatic rings. The lowest BCUT2D eigenvalue weighted by molar-refractivity contribution is 0.0685. The highest BCUT2D eigenvalue weighted by molar-refractivity contribution is 7.89. The molecule has 0 unspecified atom stereocenters.